The van der Waals surface area contributed by atoms with E-state index in [1.165, 1.54) is 19.3 Å². The van der Waals surface area contributed by atoms with E-state index in [1.54, 1.807) is 0 Å². The summed E-state index contributed by atoms with van der Waals surface area (Å²) in [7, 11) is 0. The number of carbonyl (C=O) groups excluding carboxylic acids is 1. The highest BCUT2D eigenvalue weighted by Crippen LogP contribution is 2.33. The first-order valence-electron chi connectivity index (χ1n) is 6.23. The molecule has 0 aromatic rings. The van der Waals surface area contributed by atoms with Gasteiger partial charge in [0.05, 0.1) is 0 Å². The second-order valence-electron chi connectivity index (χ2n) is 5.16. The number of nitrogens with two attached hydrogens (primary N) is 1. The van der Waals surface area contributed by atoms with Crippen molar-refractivity contribution in [3.05, 3.63) is 0 Å². The molecule has 1 saturated heterocycles. The summed E-state index contributed by atoms with van der Waals surface area (Å²) in [5.41, 5.74) is 5.95. The third-order valence-corrected chi connectivity index (χ3v) is 3.64. The van der Waals surface area contributed by atoms with Crippen molar-refractivity contribution in [2.75, 3.05) is 6.54 Å². The van der Waals surface area contributed by atoms with Gasteiger partial charge in [-0.2, -0.15) is 0 Å². The molecule has 1 heterocycles. The van der Waals surface area contributed by atoms with E-state index < -0.39 is 0 Å². The molecule has 2 aliphatic rings. The van der Waals surface area contributed by atoms with Crippen LogP contribution in [0.25, 0.3) is 0 Å². The minimum Gasteiger partial charge on any atom is -0.338 e. The van der Waals surface area contributed by atoms with E-state index in [-0.39, 0.29) is 6.04 Å². The Morgan fingerprint density at radius 2 is 2.13 bits per heavy atom. The molecule has 0 bridgehead atoms. The summed E-state index contributed by atoms with van der Waals surface area (Å²) < 4.78 is 0. The average Bonchev–Trinajstić information content (AvgIpc) is 3.01. The molecule has 86 valence electrons. The molecule has 1 amide bonds. The maximum Gasteiger partial charge on any atom is 0.223 e. The predicted molar refractivity (Wildman–Crippen MR) is 60.3 cm³/mol. The van der Waals surface area contributed by atoms with Crippen LogP contribution in [0.3, 0.4) is 0 Å². The van der Waals surface area contributed by atoms with Crippen LogP contribution >= 0.6 is 0 Å². The van der Waals surface area contributed by atoms with Crippen molar-refractivity contribution in [2.24, 2.45) is 11.7 Å². The highest BCUT2D eigenvalue weighted by atomic mass is 16.2. The lowest BCUT2D eigenvalue weighted by Crippen LogP contribution is -2.51. The number of amides is 1. The Bertz CT molecular complexity index is 236. The minimum absolute atomic E-state index is 0.119. The maximum atomic E-state index is 12.0. The quantitative estimate of drug-likeness (QED) is 0.767. The Balaban J connectivity index is 1.93. The van der Waals surface area contributed by atoms with Crippen molar-refractivity contribution >= 4 is 5.91 Å². The van der Waals surface area contributed by atoms with Gasteiger partial charge in [0.2, 0.25) is 5.91 Å². The van der Waals surface area contributed by atoms with Gasteiger partial charge in [0, 0.05) is 25.0 Å². The van der Waals surface area contributed by atoms with Crippen LogP contribution in [0.15, 0.2) is 0 Å². The Kier molecular flexibility index (Phi) is 3.29. The second kappa shape index (κ2) is 4.52. The molecule has 0 radical (unpaired) electrons. The summed E-state index contributed by atoms with van der Waals surface area (Å²) in [6.45, 7) is 2.95. The first-order chi connectivity index (χ1) is 7.18. The number of likely N-dealkylation sites (tertiary alicyclic amines) is 1. The van der Waals surface area contributed by atoms with E-state index >= 15 is 0 Å². The molecule has 2 unspecified atom stereocenters. The molecule has 2 fully saturated rings. The molecular weight excluding hydrogens is 188 g/mol. The summed E-state index contributed by atoms with van der Waals surface area (Å²) in [6, 6.07) is 0.415. The highest BCUT2D eigenvalue weighted by molar-refractivity contribution is 5.77. The molecule has 2 atom stereocenters. The fourth-order valence-electron chi connectivity index (χ4n) is 2.50. The van der Waals surface area contributed by atoms with Crippen LogP contribution < -0.4 is 5.73 Å². The number of rotatable bonds is 3. The van der Waals surface area contributed by atoms with Gasteiger partial charge in [-0.15, -0.1) is 0 Å². The molecule has 0 spiro atoms. The predicted octanol–water partition coefficient (Wildman–Crippen LogP) is 1.51. The van der Waals surface area contributed by atoms with Gasteiger partial charge < -0.3 is 10.6 Å². The van der Waals surface area contributed by atoms with Crippen molar-refractivity contribution in [3.63, 3.8) is 0 Å². The van der Waals surface area contributed by atoms with Crippen molar-refractivity contribution in [1.29, 1.82) is 0 Å². The molecule has 2 N–H and O–H groups in total. The standard InChI is InChI=1S/C12H22N2O/c1-9(13)11-4-2-3-7-14(11)12(15)8-10-5-6-10/h9-11H,2-8,13H2,1H3. The average molecular weight is 210 g/mol. The maximum absolute atomic E-state index is 12.0. The number of nitrogens with zero attached hydrogens (tertiary/aromatic N) is 1. The van der Waals surface area contributed by atoms with Crippen LogP contribution in [0.5, 0.6) is 0 Å². The van der Waals surface area contributed by atoms with E-state index in [0.29, 0.717) is 17.9 Å². The van der Waals surface area contributed by atoms with Gasteiger partial charge in [0.25, 0.3) is 0 Å². The molecular formula is C12H22N2O. The van der Waals surface area contributed by atoms with Crippen molar-refractivity contribution in [1.82, 2.24) is 4.90 Å². The Hall–Kier alpha value is -0.570. The van der Waals surface area contributed by atoms with E-state index in [2.05, 4.69) is 0 Å². The fourth-order valence-corrected chi connectivity index (χ4v) is 2.50. The van der Waals surface area contributed by atoms with Gasteiger partial charge in [0.1, 0.15) is 0 Å². The lowest BCUT2D eigenvalue weighted by atomic mass is 9.96. The molecule has 3 nitrogen and oxygen atoms in total. The summed E-state index contributed by atoms with van der Waals surface area (Å²) in [5, 5.41) is 0. The van der Waals surface area contributed by atoms with Gasteiger partial charge in [-0.25, -0.2) is 0 Å². The molecule has 15 heavy (non-hydrogen) atoms. The van der Waals surface area contributed by atoms with Gasteiger partial charge in [-0.1, -0.05) is 0 Å². The van der Waals surface area contributed by atoms with Crippen LogP contribution in [-0.4, -0.2) is 29.4 Å². The van der Waals surface area contributed by atoms with Gasteiger partial charge in [-0.3, -0.25) is 4.79 Å². The van der Waals surface area contributed by atoms with Crippen LogP contribution in [0.1, 0.15) is 45.4 Å². The van der Waals surface area contributed by atoms with Crippen LogP contribution in [0.2, 0.25) is 0 Å². The van der Waals surface area contributed by atoms with Gasteiger partial charge in [0.15, 0.2) is 0 Å². The van der Waals surface area contributed by atoms with Gasteiger partial charge in [-0.05, 0) is 44.9 Å². The summed E-state index contributed by atoms with van der Waals surface area (Å²) >= 11 is 0. The summed E-state index contributed by atoms with van der Waals surface area (Å²) in [6.07, 6.45) is 6.74. The zero-order chi connectivity index (χ0) is 10.8. The molecule has 0 aromatic carbocycles. The van der Waals surface area contributed by atoms with E-state index in [4.69, 9.17) is 5.73 Å². The number of piperidine rings is 1. The second-order valence-corrected chi connectivity index (χ2v) is 5.16. The largest absolute Gasteiger partial charge is 0.338 e. The van der Waals surface area contributed by atoms with Crippen molar-refractivity contribution in [2.45, 2.75) is 57.5 Å². The van der Waals surface area contributed by atoms with E-state index in [1.807, 2.05) is 11.8 Å². The monoisotopic (exact) mass is 210 g/mol. The van der Waals surface area contributed by atoms with Crippen LogP contribution in [0.4, 0.5) is 0 Å². The Labute approximate surface area is 92.0 Å². The van der Waals surface area contributed by atoms with Gasteiger partial charge >= 0.3 is 0 Å². The minimum atomic E-state index is 0.119. The smallest absolute Gasteiger partial charge is 0.223 e. The molecule has 3 heteroatoms. The summed E-state index contributed by atoms with van der Waals surface area (Å²) in [5.74, 6) is 1.03. The Morgan fingerprint density at radius 1 is 1.40 bits per heavy atom. The van der Waals surface area contributed by atoms with E-state index in [0.717, 1.165) is 25.8 Å². The number of hydrogen-bond donors (Lipinski definition) is 1. The lowest BCUT2D eigenvalue weighted by Gasteiger charge is -2.38. The molecule has 1 aliphatic heterocycles. The third kappa shape index (κ3) is 2.71. The molecule has 0 aromatic heterocycles. The summed E-state index contributed by atoms with van der Waals surface area (Å²) in [4.78, 5) is 14.1. The van der Waals surface area contributed by atoms with Crippen molar-refractivity contribution in [3.8, 4) is 0 Å². The topological polar surface area (TPSA) is 46.3 Å². The fraction of sp³-hybridized carbons (Fsp3) is 0.917. The Morgan fingerprint density at radius 3 is 2.73 bits per heavy atom. The first-order valence-corrected chi connectivity index (χ1v) is 6.23. The first kappa shape index (κ1) is 10.9. The molecule has 2 rings (SSSR count). The van der Waals surface area contributed by atoms with E-state index in [9.17, 15) is 4.79 Å². The van der Waals surface area contributed by atoms with Crippen LogP contribution in [-0.2, 0) is 4.79 Å². The number of carbonyl (C=O) groups is 1. The highest BCUT2D eigenvalue weighted by Gasteiger charge is 2.32. The normalized spacial score (nSPS) is 28.9. The number of hydrogen-bond acceptors (Lipinski definition) is 2. The molecule has 1 saturated carbocycles. The third-order valence-electron chi connectivity index (χ3n) is 3.64. The zero-order valence-corrected chi connectivity index (χ0v) is 9.61. The van der Waals surface area contributed by atoms with Crippen LogP contribution in [0, 0.1) is 5.92 Å². The molecule has 1 aliphatic carbocycles. The van der Waals surface area contributed by atoms with Crippen molar-refractivity contribution < 1.29 is 4.79 Å². The lowest BCUT2D eigenvalue weighted by molar-refractivity contribution is -0.135. The SMILES string of the molecule is CC(N)C1CCCCN1C(=O)CC1CC1. The zero-order valence-electron chi connectivity index (χ0n) is 9.61.